The normalized spacial score (nSPS) is 17.3. The van der Waals surface area contributed by atoms with Crippen molar-refractivity contribution in [1.29, 1.82) is 0 Å². The van der Waals surface area contributed by atoms with Crippen molar-refractivity contribution >= 4 is 17.7 Å². The highest BCUT2D eigenvalue weighted by Gasteiger charge is 2.24. The van der Waals surface area contributed by atoms with Gasteiger partial charge >= 0.3 is 5.97 Å². The summed E-state index contributed by atoms with van der Waals surface area (Å²) in [5.74, 6) is -1.04. The van der Waals surface area contributed by atoms with Crippen LogP contribution in [0.25, 0.3) is 0 Å². The largest absolute Gasteiger partial charge is 0.448 e. The number of carbonyl (C=O) groups is 2. The molecule has 120 valence electrons. The Morgan fingerprint density at radius 1 is 1.23 bits per heavy atom. The number of hydrogen-bond donors (Lipinski definition) is 2. The SMILES string of the molecule is C[C@@H](OC(=O)c1nccnc1N)C(=O)NC1CCCCCC1. The molecule has 1 amide bonds. The van der Waals surface area contributed by atoms with Crippen LogP contribution in [0.1, 0.15) is 55.9 Å². The fourth-order valence-corrected chi connectivity index (χ4v) is 2.52. The fraction of sp³-hybridized carbons (Fsp3) is 0.600. The maximum atomic E-state index is 12.1. The molecule has 22 heavy (non-hydrogen) atoms. The van der Waals surface area contributed by atoms with Crippen molar-refractivity contribution in [2.75, 3.05) is 5.73 Å². The van der Waals surface area contributed by atoms with Gasteiger partial charge in [0.25, 0.3) is 5.91 Å². The molecule has 7 heteroatoms. The Hall–Kier alpha value is -2.18. The van der Waals surface area contributed by atoms with Crippen LogP contribution in [0.15, 0.2) is 12.4 Å². The molecule has 1 aliphatic rings. The van der Waals surface area contributed by atoms with E-state index >= 15 is 0 Å². The number of nitrogens with two attached hydrogens (primary N) is 1. The van der Waals surface area contributed by atoms with Gasteiger partial charge in [0.2, 0.25) is 0 Å². The summed E-state index contributed by atoms with van der Waals surface area (Å²) in [5.41, 5.74) is 5.49. The number of ether oxygens (including phenoxy) is 1. The van der Waals surface area contributed by atoms with Gasteiger partial charge in [0, 0.05) is 18.4 Å². The lowest BCUT2D eigenvalue weighted by Gasteiger charge is -2.19. The summed E-state index contributed by atoms with van der Waals surface area (Å²) in [6.45, 7) is 1.54. The molecule has 0 aromatic carbocycles. The van der Waals surface area contributed by atoms with Crippen LogP contribution in [0.3, 0.4) is 0 Å². The molecule has 1 aromatic heterocycles. The van der Waals surface area contributed by atoms with E-state index < -0.39 is 12.1 Å². The summed E-state index contributed by atoms with van der Waals surface area (Å²) in [6.07, 6.45) is 8.46. The van der Waals surface area contributed by atoms with Crippen molar-refractivity contribution in [2.45, 2.75) is 57.6 Å². The Kier molecular flexibility index (Phi) is 5.68. The number of amides is 1. The first-order valence-corrected chi connectivity index (χ1v) is 7.65. The topological polar surface area (TPSA) is 107 Å². The zero-order valence-corrected chi connectivity index (χ0v) is 12.7. The van der Waals surface area contributed by atoms with Crippen LogP contribution >= 0.6 is 0 Å². The maximum absolute atomic E-state index is 12.1. The molecule has 1 atom stereocenters. The zero-order valence-electron chi connectivity index (χ0n) is 12.7. The number of hydrogen-bond acceptors (Lipinski definition) is 6. The fourth-order valence-electron chi connectivity index (χ4n) is 2.52. The van der Waals surface area contributed by atoms with E-state index in [1.807, 2.05) is 0 Å². The number of esters is 1. The highest BCUT2D eigenvalue weighted by Crippen LogP contribution is 2.17. The van der Waals surface area contributed by atoms with Crippen LogP contribution in [0.4, 0.5) is 5.82 Å². The second-order valence-electron chi connectivity index (χ2n) is 5.53. The van der Waals surface area contributed by atoms with Crippen molar-refractivity contribution in [3.8, 4) is 0 Å². The summed E-state index contributed by atoms with van der Waals surface area (Å²) in [5, 5.41) is 2.95. The molecule has 1 heterocycles. The Bertz CT molecular complexity index is 527. The van der Waals surface area contributed by atoms with Gasteiger partial charge < -0.3 is 15.8 Å². The van der Waals surface area contributed by atoms with Crippen LogP contribution < -0.4 is 11.1 Å². The number of anilines is 1. The first-order valence-electron chi connectivity index (χ1n) is 7.65. The maximum Gasteiger partial charge on any atom is 0.361 e. The van der Waals surface area contributed by atoms with Crippen molar-refractivity contribution in [3.63, 3.8) is 0 Å². The van der Waals surface area contributed by atoms with Crippen LogP contribution in [0, 0.1) is 0 Å². The van der Waals surface area contributed by atoms with Crippen molar-refractivity contribution < 1.29 is 14.3 Å². The molecular formula is C15H22N4O3. The van der Waals surface area contributed by atoms with E-state index in [1.54, 1.807) is 0 Å². The molecule has 1 fully saturated rings. The number of nitrogens with one attached hydrogen (secondary N) is 1. The molecule has 7 nitrogen and oxygen atoms in total. The smallest absolute Gasteiger partial charge is 0.361 e. The second kappa shape index (κ2) is 7.72. The summed E-state index contributed by atoms with van der Waals surface area (Å²) >= 11 is 0. The van der Waals surface area contributed by atoms with Crippen LogP contribution in [0.2, 0.25) is 0 Å². The Balaban J connectivity index is 1.88. The van der Waals surface area contributed by atoms with E-state index in [1.165, 1.54) is 32.2 Å². The lowest BCUT2D eigenvalue weighted by molar-refractivity contribution is -0.129. The zero-order chi connectivity index (χ0) is 15.9. The first kappa shape index (κ1) is 16.2. The van der Waals surface area contributed by atoms with Crippen molar-refractivity contribution in [3.05, 3.63) is 18.1 Å². The molecule has 1 aliphatic carbocycles. The molecule has 0 spiro atoms. The molecule has 0 bridgehead atoms. The summed E-state index contributed by atoms with van der Waals surface area (Å²) < 4.78 is 5.12. The van der Waals surface area contributed by atoms with Crippen molar-refractivity contribution in [1.82, 2.24) is 15.3 Å². The number of nitrogens with zero attached hydrogens (tertiary/aromatic N) is 2. The first-order chi connectivity index (χ1) is 10.6. The molecule has 2 rings (SSSR count). The highest BCUT2D eigenvalue weighted by molar-refractivity contribution is 5.94. The average Bonchev–Trinajstić information content (AvgIpc) is 2.76. The molecule has 0 saturated heterocycles. The lowest BCUT2D eigenvalue weighted by Crippen LogP contribution is -2.42. The predicted octanol–water partition coefficient (Wildman–Crippen LogP) is 1.44. The van der Waals surface area contributed by atoms with Gasteiger partial charge in [0.1, 0.15) is 0 Å². The van der Waals surface area contributed by atoms with E-state index in [0.29, 0.717) is 0 Å². The predicted molar refractivity (Wildman–Crippen MR) is 81.0 cm³/mol. The molecule has 1 aromatic rings. The molecular weight excluding hydrogens is 284 g/mol. The Morgan fingerprint density at radius 2 is 1.86 bits per heavy atom. The van der Waals surface area contributed by atoms with Crippen LogP contribution in [-0.2, 0) is 9.53 Å². The third kappa shape index (κ3) is 4.41. The van der Waals surface area contributed by atoms with Gasteiger partial charge in [0.05, 0.1) is 0 Å². The van der Waals surface area contributed by atoms with Gasteiger partial charge in [0.15, 0.2) is 17.6 Å². The third-order valence-electron chi connectivity index (χ3n) is 3.77. The van der Waals surface area contributed by atoms with E-state index in [9.17, 15) is 9.59 Å². The number of aromatic nitrogens is 2. The number of nitrogen functional groups attached to an aromatic ring is 1. The number of rotatable bonds is 4. The van der Waals surface area contributed by atoms with Gasteiger partial charge in [-0.25, -0.2) is 14.8 Å². The van der Waals surface area contributed by atoms with E-state index in [0.717, 1.165) is 25.7 Å². The molecule has 0 radical (unpaired) electrons. The van der Waals surface area contributed by atoms with E-state index in [2.05, 4.69) is 15.3 Å². The lowest BCUT2D eigenvalue weighted by atomic mass is 10.1. The standard InChI is InChI=1S/C15H22N4O3/c1-10(14(20)19-11-6-4-2-3-5-7-11)22-15(21)12-13(16)18-9-8-17-12/h8-11H,2-7H2,1H3,(H2,16,18)(H,19,20)/t10-/m1/s1. The van der Waals surface area contributed by atoms with Gasteiger partial charge in [-0.05, 0) is 19.8 Å². The van der Waals surface area contributed by atoms with Crippen LogP contribution in [0.5, 0.6) is 0 Å². The Labute approximate surface area is 129 Å². The molecule has 0 aliphatic heterocycles. The molecule has 3 N–H and O–H groups in total. The monoisotopic (exact) mass is 306 g/mol. The summed E-state index contributed by atoms with van der Waals surface area (Å²) in [6, 6.07) is 0.165. The average molecular weight is 306 g/mol. The van der Waals surface area contributed by atoms with Gasteiger partial charge in [-0.15, -0.1) is 0 Å². The van der Waals surface area contributed by atoms with Gasteiger partial charge in [-0.3, -0.25) is 4.79 Å². The van der Waals surface area contributed by atoms with E-state index in [4.69, 9.17) is 10.5 Å². The molecule has 1 saturated carbocycles. The van der Waals surface area contributed by atoms with Crippen LogP contribution in [-0.4, -0.2) is 34.0 Å². The van der Waals surface area contributed by atoms with Gasteiger partial charge in [-0.2, -0.15) is 0 Å². The van der Waals surface area contributed by atoms with Gasteiger partial charge in [-0.1, -0.05) is 25.7 Å². The summed E-state index contributed by atoms with van der Waals surface area (Å²) in [4.78, 5) is 31.7. The minimum Gasteiger partial charge on any atom is -0.448 e. The minimum atomic E-state index is -0.892. The highest BCUT2D eigenvalue weighted by atomic mass is 16.5. The Morgan fingerprint density at radius 3 is 2.50 bits per heavy atom. The second-order valence-corrected chi connectivity index (χ2v) is 5.53. The summed E-state index contributed by atoms with van der Waals surface area (Å²) in [7, 11) is 0. The number of carbonyl (C=O) groups excluding carboxylic acids is 2. The van der Waals surface area contributed by atoms with Crippen molar-refractivity contribution in [2.24, 2.45) is 0 Å². The van der Waals surface area contributed by atoms with E-state index in [-0.39, 0.29) is 23.5 Å². The minimum absolute atomic E-state index is 0.0103. The quantitative estimate of drug-likeness (QED) is 0.644. The third-order valence-corrected chi connectivity index (χ3v) is 3.77. The molecule has 0 unspecified atom stereocenters.